The molecule has 0 spiro atoms. The van der Waals surface area contributed by atoms with Crippen molar-refractivity contribution in [2.24, 2.45) is 7.05 Å². The first-order valence-electron chi connectivity index (χ1n) is 9.99. The molecule has 8 nitrogen and oxygen atoms in total. The molecular formula is C19H20N6O2. The van der Waals surface area contributed by atoms with Crippen LogP contribution in [-0.2, 0) is 7.05 Å². The van der Waals surface area contributed by atoms with Crippen LogP contribution >= 0.6 is 0 Å². The molecule has 0 unspecified atom stereocenters. The van der Waals surface area contributed by atoms with Crippen molar-refractivity contribution in [2.75, 3.05) is 12.3 Å². The van der Waals surface area contributed by atoms with Crippen LogP contribution in [0.3, 0.4) is 0 Å². The average Bonchev–Trinajstić information content (AvgIpc) is 3.39. The fraction of sp³-hybridized carbons (Fsp3) is 0.263. The summed E-state index contributed by atoms with van der Waals surface area (Å²) in [5.41, 5.74) is 2.72. The van der Waals surface area contributed by atoms with Gasteiger partial charge in [0.05, 0.1) is 29.9 Å². The summed E-state index contributed by atoms with van der Waals surface area (Å²) in [6.07, 6.45) is 7.23. The largest absolute Gasteiger partial charge is 0.488 e. The predicted molar refractivity (Wildman–Crippen MR) is 101 cm³/mol. The van der Waals surface area contributed by atoms with Crippen LogP contribution in [0.5, 0.6) is 5.75 Å². The van der Waals surface area contributed by atoms with Crippen molar-refractivity contribution < 1.29 is 13.6 Å². The lowest BCUT2D eigenvalue weighted by Gasteiger charge is -2.15. The number of amides is 1. The summed E-state index contributed by atoms with van der Waals surface area (Å²) in [7, 11) is 1.85. The van der Waals surface area contributed by atoms with Crippen LogP contribution < -0.4 is 15.4 Å². The van der Waals surface area contributed by atoms with E-state index in [-0.39, 0.29) is 11.8 Å². The highest BCUT2D eigenvalue weighted by Gasteiger charge is 2.25. The van der Waals surface area contributed by atoms with E-state index in [9.17, 15) is 4.79 Å². The van der Waals surface area contributed by atoms with Gasteiger partial charge in [-0.25, -0.2) is 0 Å². The Hall–Kier alpha value is -3.42. The van der Waals surface area contributed by atoms with Crippen molar-refractivity contribution in [3.05, 3.63) is 48.5 Å². The van der Waals surface area contributed by atoms with Gasteiger partial charge in [0.15, 0.2) is 5.69 Å². The van der Waals surface area contributed by atoms with Crippen molar-refractivity contribution in [3.63, 3.8) is 0 Å². The van der Waals surface area contributed by atoms with Gasteiger partial charge in [-0.1, -0.05) is 6.07 Å². The number of hydrogen-bond acceptors (Lipinski definition) is 6. The summed E-state index contributed by atoms with van der Waals surface area (Å²) in [4.78, 5) is 12.3. The standard InChI is InChI=1S/C19H20N6O2/c1-20-19(26)18-16(7-8-21-24-18)23-15-6-3-12(13-10-22-25(2)11-13)9-17(15)27-14-4-5-14/h3,6-11,14H,4-5H2,1-2H3,(H,20,26)(H,21,23)/i1D3. The third-order valence-corrected chi connectivity index (χ3v) is 4.16. The number of anilines is 2. The molecule has 0 atom stereocenters. The first kappa shape index (κ1) is 13.7. The number of carbonyl (C=O) groups excluding carboxylic acids is 1. The number of benzene rings is 1. The van der Waals surface area contributed by atoms with Gasteiger partial charge >= 0.3 is 0 Å². The maximum Gasteiger partial charge on any atom is 0.273 e. The van der Waals surface area contributed by atoms with E-state index in [4.69, 9.17) is 8.85 Å². The molecule has 2 N–H and O–H groups in total. The Morgan fingerprint density at radius 1 is 1.30 bits per heavy atom. The molecule has 1 saturated carbocycles. The van der Waals surface area contributed by atoms with Gasteiger partial charge in [0.1, 0.15) is 5.75 Å². The lowest BCUT2D eigenvalue weighted by atomic mass is 10.1. The molecule has 1 aromatic carbocycles. The van der Waals surface area contributed by atoms with Crippen LogP contribution in [-0.4, -0.2) is 39.0 Å². The number of nitrogens with zero attached hydrogens (tertiary/aromatic N) is 4. The summed E-state index contributed by atoms with van der Waals surface area (Å²) >= 11 is 0. The molecule has 1 fully saturated rings. The van der Waals surface area contributed by atoms with Gasteiger partial charge in [-0.05, 0) is 36.6 Å². The average molecular weight is 367 g/mol. The first-order chi connectivity index (χ1) is 14.3. The molecule has 0 saturated heterocycles. The minimum atomic E-state index is -2.63. The van der Waals surface area contributed by atoms with Gasteiger partial charge in [0.2, 0.25) is 0 Å². The molecule has 3 aromatic rings. The van der Waals surface area contributed by atoms with E-state index in [2.05, 4.69) is 20.6 Å². The molecule has 0 aliphatic heterocycles. The number of aryl methyl sites for hydroxylation is 1. The molecule has 1 aliphatic rings. The van der Waals surface area contributed by atoms with E-state index in [1.807, 2.05) is 36.8 Å². The van der Waals surface area contributed by atoms with Crippen molar-refractivity contribution in [1.29, 1.82) is 0 Å². The normalized spacial score (nSPS) is 15.4. The fourth-order valence-corrected chi connectivity index (χ4v) is 2.64. The van der Waals surface area contributed by atoms with E-state index >= 15 is 0 Å². The Labute approximate surface area is 160 Å². The monoisotopic (exact) mass is 367 g/mol. The second-order valence-electron chi connectivity index (χ2n) is 6.30. The van der Waals surface area contributed by atoms with Crippen LogP contribution in [0.1, 0.15) is 27.4 Å². The summed E-state index contributed by atoms with van der Waals surface area (Å²) in [5, 5.41) is 16.8. The van der Waals surface area contributed by atoms with Crippen LogP contribution in [0.25, 0.3) is 11.1 Å². The van der Waals surface area contributed by atoms with E-state index in [0.29, 0.717) is 17.1 Å². The van der Waals surface area contributed by atoms with Crippen LogP contribution in [0, 0.1) is 0 Å². The van der Waals surface area contributed by atoms with Gasteiger partial charge in [0, 0.05) is 29.9 Å². The van der Waals surface area contributed by atoms with Crippen molar-refractivity contribution in [2.45, 2.75) is 18.9 Å². The second-order valence-corrected chi connectivity index (χ2v) is 6.30. The quantitative estimate of drug-likeness (QED) is 0.695. The van der Waals surface area contributed by atoms with Crippen molar-refractivity contribution in [1.82, 2.24) is 25.3 Å². The van der Waals surface area contributed by atoms with E-state index < -0.39 is 12.9 Å². The van der Waals surface area contributed by atoms with Crippen LogP contribution in [0.2, 0.25) is 0 Å². The SMILES string of the molecule is [2H]C([2H])([2H])NC(=O)c1nnccc1Nc1ccc(-c2cnn(C)c2)cc1OC1CC1. The summed E-state index contributed by atoms with van der Waals surface area (Å²) in [6, 6.07) is 7.22. The Balaban J connectivity index is 1.65. The Bertz CT molecular complexity index is 1080. The highest BCUT2D eigenvalue weighted by Crippen LogP contribution is 2.37. The molecule has 1 aliphatic carbocycles. The zero-order valence-corrected chi connectivity index (χ0v) is 14.6. The lowest BCUT2D eigenvalue weighted by Crippen LogP contribution is -2.21. The fourth-order valence-electron chi connectivity index (χ4n) is 2.64. The summed E-state index contributed by atoms with van der Waals surface area (Å²) in [5.74, 6) is -0.222. The molecule has 1 amide bonds. The van der Waals surface area contributed by atoms with E-state index in [1.165, 1.54) is 6.20 Å². The van der Waals surface area contributed by atoms with E-state index in [0.717, 1.165) is 24.0 Å². The lowest BCUT2D eigenvalue weighted by molar-refractivity contribution is 0.0958. The molecular weight excluding hydrogens is 344 g/mol. The maximum absolute atomic E-state index is 12.3. The molecule has 138 valence electrons. The molecule has 2 aromatic heterocycles. The second kappa shape index (κ2) is 7.06. The summed E-state index contributed by atoms with van der Waals surface area (Å²) < 4.78 is 29.5. The van der Waals surface area contributed by atoms with Gasteiger partial charge in [-0.15, -0.1) is 5.10 Å². The number of hydrogen-bond donors (Lipinski definition) is 2. The van der Waals surface area contributed by atoms with Crippen LogP contribution in [0.4, 0.5) is 11.4 Å². The predicted octanol–water partition coefficient (Wildman–Crippen LogP) is 2.52. The zero-order chi connectivity index (χ0) is 21.3. The molecule has 0 bridgehead atoms. The number of carbonyl (C=O) groups is 1. The van der Waals surface area contributed by atoms with Gasteiger partial charge in [-0.2, -0.15) is 10.2 Å². The van der Waals surface area contributed by atoms with Crippen molar-refractivity contribution in [3.8, 4) is 16.9 Å². The number of aromatic nitrogens is 4. The number of rotatable bonds is 6. The molecule has 0 radical (unpaired) electrons. The first-order valence-corrected chi connectivity index (χ1v) is 8.49. The van der Waals surface area contributed by atoms with E-state index in [1.54, 1.807) is 16.9 Å². The van der Waals surface area contributed by atoms with Crippen molar-refractivity contribution >= 4 is 17.3 Å². The Morgan fingerprint density at radius 2 is 2.19 bits per heavy atom. The molecule has 8 heteroatoms. The zero-order valence-electron chi connectivity index (χ0n) is 17.6. The molecule has 2 heterocycles. The number of nitrogens with one attached hydrogen (secondary N) is 2. The van der Waals surface area contributed by atoms with Crippen LogP contribution in [0.15, 0.2) is 42.9 Å². The smallest absolute Gasteiger partial charge is 0.273 e. The minimum Gasteiger partial charge on any atom is -0.488 e. The summed E-state index contributed by atoms with van der Waals surface area (Å²) in [6.45, 7) is -2.63. The van der Waals surface area contributed by atoms with Gasteiger partial charge in [0.25, 0.3) is 5.91 Å². The Kier molecular flexibility index (Phi) is 3.60. The highest BCUT2D eigenvalue weighted by molar-refractivity contribution is 5.98. The third kappa shape index (κ3) is 3.74. The Morgan fingerprint density at radius 3 is 2.93 bits per heavy atom. The number of ether oxygens (including phenoxy) is 1. The highest BCUT2D eigenvalue weighted by atomic mass is 16.5. The molecule has 27 heavy (non-hydrogen) atoms. The third-order valence-electron chi connectivity index (χ3n) is 4.16. The maximum atomic E-state index is 12.3. The van der Waals surface area contributed by atoms with Gasteiger partial charge in [-0.3, -0.25) is 9.48 Å². The van der Waals surface area contributed by atoms with Gasteiger partial charge < -0.3 is 15.4 Å². The topological polar surface area (TPSA) is 94.0 Å². The molecule has 4 rings (SSSR count). The minimum absolute atomic E-state index is 0.123.